The molecule has 1 unspecified atom stereocenters. The molecule has 0 aliphatic carbocycles. The van der Waals surface area contributed by atoms with Gasteiger partial charge in [0, 0.05) is 0 Å². The van der Waals surface area contributed by atoms with Gasteiger partial charge in [-0.1, -0.05) is 39.8 Å². The zero-order chi connectivity index (χ0) is 15.1. The van der Waals surface area contributed by atoms with E-state index < -0.39 is 5.97 Å². The van der Waals surface area contributed by atoms with Crippen LogP contribution in [-0.2, 0) is 0 Å². The SMILES string of the molecule is CCC(C)c1cccc(C(=O)O)c1OCCCC(C)C. The molecule has 1 rings (SSSR count). The van der Waals surface area contributed by atoms with Crippen LogP contribution in [-0.4, -0.2) is 17.7 Å². The lowest BCUT2D eigenvalue weighted by Crippen LogP contribution is -2.09. The van der Waals surface area contributed by atoms with E-state index in [0.717, 1.165) is 24.8 Å². The molecule has 3 heteroatoms. The second-order valence-electron chi connectivity index (χ2n) is 5.72. The first-order valence-corrected chi connectivity index (χ1v) is 7.46. The minimum Gasteiger partial charge on any atom is -0.492 e. The highest BCUT2D eigenvalue weighted by Crippen LogP contribution is 2.32. The Hall–Kier alpha value is -1.51. The zero-order valence-electron chi connectivity index (χ0n) is 13.0. The van der Waals surface area contributed by atoms with E-state index in [1.165, 1.54) is 0 Å². The molecule has 0 fully saturated rings. The summed E-state index contributed by atoms with van der Waals surface area (Å²) in [5.41, 5.74) is 1.27. The predicted molar refractivity (Wildman–Crippen MR) is 81.7 cm³/mol. The maximum atomic E-state index is 11.3. The Morgan fingerprint density at radius 1 is 1.30 bits per heavy atom. The van der Waals surface area contributed by atoms with Crippen LogP contribution in [0, 0.1) is 5.92 Å². The van der Waals surface area contributed by atoms with Crippen LogP contribution < -0.4 is 4.74 Å². The maximum Gasteiger partial charge on any atom is 0.339 e. The van der Waals surface area contributed by atoms with Gasteiger partial charge in [0.05, 0.1) is 6.61 Å². The van der Waals surface area contributed by atoms with E-state index in [9.17, 15) is 9.90 Å². The first kappa shape index (κ1) is 16.5. The summed E-state index contributed by atoms with van der Waals surface area (Å²) in [4.78, 5) is 11.3. The van der Waals surface area contributed by atoms with Gasteiger partial charge in [-0.3, -0.25) is 0 Å². The molecular weight excluding hydrogens is 252 g/mol. The van der Waals surface area contributed by atoms with Crippen molar-refractivity contribution in [3.63, 3.8) is 0 Å². The lowest BCUT2D eigenvalue weighted by atomic mass is 9.95. The van der Waals surface area contributed by atoms with Gasteiger partial charge < -0.3 is 9.84 Å². The molecule has 1 atom stereocenters. The average Bonchev–Trinajstić information content (AvgIpc) is 2.42. The van der Waals surface area contributed by atoms with Crippen LogP contribution in [0.25, 0.3) is 0 Å². The smallest absolute Gasteiger partial charge is 0.339 e. The molecule has 1 aromatic rings. The molecule has 0 bridgehead atoms. The highest BCUT2D eigenvalue weighted by molar-refractivity contribution is 5.91. The lowest BCUT2D eigenvalue weighted by molar-refractivity contribution is 0.0691. The van der Waals surface area contributed by atoms with E-state index in [0.29, 0.717) is 24.2 Å². The van der Waals surface area contributed by atoms with Crippen molar-refractivity contribution in [2.24, 2.45) is 5.92 Å². The fourth-order valence-electron chi connectivity index (χ4n) is 2.16. The van der Waals surface area contributed by atoms with Crippen LogP contribution in [0.1, 0.15) is 68.8 Å². The minimum atomic E-state index is -0.922. The van der Waals surface area contributed by atoms with Crippen LogP contribution in [0.15, 0.2) is 18.2 Å². The summed E-state index contributed by atoms with van der Waals surface area (Å²) >= 11 is 0. The van der Waals surface area contributed by atoms with Gasteiger partial charge in [0.15, 0.2) is 0 Å². The average molecular weight is 278 g/mol. The third kappa shape index (κ3) is 4.55. The summed E-state index contributed by atoms with van der Waals surface area (Å²) in [6, 6.07) is 5.39. The second-order valence-corrected chi connectivity index (χ2v) is 5.72. The Labute approximate surface area is 122 Å². The number of hydrogen-bond donors (Lipinski definition) is 1. The number of carboxylic acid groups (broad SMARTS) is 1. The molecule has 0 saturated carbocycles. The number of carbonyl (C=O) groups is 1. The van der Waals surface area contributed by atoms with E-state index in [2.05, 4.69) is 27.7 Å². The summed E-state index contributed by atoms with van der Waals surface area (Å²) in [5, 5.41) is 9.31. The van der Waals surface area contributed by atoms with Crippen molar-refractivity contribution in [1.29, 1.82) is 0 Å². The highest BCUT2D eigenvalue weighted by atomic mass is 16.5. The van der Waals surface area contributed by atoms with Crippen LogP contribution in [0.2, 0.25) is 0 Å². The first-order chi connectivity index (χ1) is 9.47. The van der Waals surface area contributed by atoms with Crippen molar-refractivity contribution in [3.05, 3.63) is 29.3 Å². The van der Waals surface area contributed by atoms with Gasteiger partial charge in [-0.2, -0.15) is 0 Å². The standard InChI is InChI=1S/C17H26O3/c1-5-13(4)14-9-6-10-15(17(18)19)16(14)20-11-7-8-12(2)3/h6,9-10,12-13H,5,7-8,11H2,1-4H3,(H,18,19). The molecule has 20 heavy (non-hydrogen) atoms. The number of rotatable bonds is 8. The van der Waals surface area contributed by atoms with Gasteiger partial charge in [-0.15, -0.1) is 0 Å². The molecule has 0 aliphatic rings. The fourth-order valence-corrected chi connectivity index (χ4v) is 2.16. The van der Waals surface area contributed by atoms with E-state index >= 15 is 0 Å². The van der Waals surface area contributed by atoms with Gasteiger partial charge in [0.2, 0.25) is 0 Å². The molecule has 0 amide bonds. The van der Waals surface area contributed by atoms with Crippen LogP contribution >= 0.6 is 0 Å². The van der Waals surface area contributed by atoms with Crippen molar-refractivity contribution in [1.82, 2.24) is 0 Å². The lowest BCUT2D eigenvalue weighted by Gasteiger charge is -2.18. The number of ether oxygens (including phenoxy) is 1. The molecule has 0 heterocycles. The van der Waals surface area contributed by atoms with Gasteiger partial charge in [-0.05, 0) is 42.7 Å². The third-order valence-electron chi connectivity index (χ3n) is 3.59. The molecule has 0 aromatic heterocycles. The Balaban J connectivity index is 2.91. The molecular formula is C17H26O3. The number of hydrogen-bond acceptors (Lipinski definition) is 2. The topological polar surface area (TPSA) is 46.5 Å². The Morgan fingerprint density at radius 2 is 2.00 bits per heavy atom. The largest absolute Gasteiger partial charge is 0.492 e. The number of benzene rings is 1. The summed E-state index contributed by atoms with van der Waals surface area (Å²) < 4.78 is 5.82. The van der Waals surface area contributed by atoms with Gasteiger partial charge in [0.1, 0.15) is 11.3 Å². The van der Waals surface area contributed by atoms with Crippen LogP contribution in [0.4, 0.5) is 0 Å². The van der Waals surface area contributed by atoms with Gasteiger partial charge >= 0.3 is 5.97 Å². The van der Waals surface area contributed by atoms with Crippen molar-refractivity contribution < 1.29 is 14.6 Å². The maximum absolute atomic E-state index is 11.3. The Kier molecular flexibility index (Phi) is 6.56. The summed E-state index contributed by atoms with van der Waals surface area (Å²) in [6.45, 7) is 9.13. The van der Waals surface area contributed by atoms with Gasteiger partial charge in [-0.25, -0.2) is 4.79 Å². The number of para-hydroxylation sites is 1. The normalized spacial score (nSPS) is 12.4. The van der Waals surface area contributed by atoms with Gasteiger partial charge in [0.25, 0.3) is 0 Å². The van der Waals surface area contributed by atoms with Crippen LogP contribution in [0.3, 0.4) is 0 Å². The van der Waals surface area contributed by atoms with E-state index in [4.69, 9.17) is 4.74 Å². The van der Waals surface area contributed by atoms with E-state index in [1.807, 2.05) is 6.07 Å². The molecule has 0 spiro atoms. The molecule has 0 aliphatic heterocycles. The third-order valence-corrected chi connectivity index (χ3v) is 3.59. The van der Waals surface area contributed by atoms with E-state index in [1.54, 1.807) is 12.1 Å². The Morgan fingerprint density at radius 3 is 2.55 bits per heavy atom. The highest BCUT2D eigenvalue weighted by Gasteiger charge is 2.18. The molecule has 1 aromatic carbocycles. The quantitative estimate of drug-likeness (QED) is 0.700. The Bertz CT molecular complexity index is 438. The summed E-state index contributed by atoms with van der Waals surface area (Å²) in [7, 11) is 0. The molecule has 0 radical (unpaired) electrons. The number of carboxylic acids is 1. The molecule has 1 N–H and O–H groups in total. The summed E-state index contributed by atoms with van der Waals surface area (Å²) in [6.07, 6.45) is 3.00. The van der Waals surface area contributed by atoms with Crippen molar-refractivity contribution in [2.45, 2.75) is 52.9 Å². The van der Waals surface area contributed by atoms with Crippen molar-refractivity contribution in [2.75, 3.05) is 6.61 Å². The van der Waals surface area contributed by atoms with Crippen LogP contribution in [0.5, 0.6) is 5.75 Å². The first-order valence-electron chi connectivity index (χ1n) is 7.46. The molecule has 112 valence electrons. The number of aromatic carboxylic acids is 1. The zero-order valence-corrected chi connectivity index (χ0v) is 13.0. The monoisotopic (exact) mass is 278 g/mol. The predicted octanol–water partition coefficient (Wildman–Crippen LogP) is 4.71. The van der Waals surface area contributed by atoms with E-state index in [-0.39, 0.29) is 5.56 Å². The molecule has 0 saturated heterocycles. The molecule has 3 nitrogen and oxygen atoms in total. The minimum absolute atomic E-state index is 0.271. The van der Waals surface area contributed by atoms with Crippen molar-refractivity contribution in [3.8, 4) is 5.75 Å². The van der Waals surface area contributed by atoms with Crippen molar-refractivity contribution >= 4 is 5.97 Å². The summed E-state index contributed by atoms with van der Waals surface area (Å²) in [5.74, 6) is 0.573. The second kappa shape index (κ2) is 7.93. The fraction of sp³-hybridized carbons (Fsp3) is 0.588.